The van der Waals surface area contributed by atoms with Crippen molar-refractivity contribution in [1.82, 2.24) is 10.9 Å². The lowest BCUT2D eigenvalue weighted by Gasteiger charge is -2.12. The smallest absolute Gasteiger partial charge is 0.288 e. The van der Waals surface area contributed by atoms with Crippen LogP contribution >= 0.6 is 11.8 Å². The summed E-state index contributed by atoms with van der Waals surface area (Å²) in [5.74, 6) is -4.03. The zero-order valence-corrected chi connectivity index (χ0v) is 17.8. The fourth-order valence-corrected chi connectivity index (χ4v) is 2.82. The van der Waals surface area contributed by atoms with Gasteiger partial charge in [-0.1, -0.05) is 42.1 Å². The highest BCUT2D eigenvalue weighted by atomic mass is 32.2. The van der Waals surface area contributed by atoms with Gasteiger partial charge >= 0.3 is 0 Å². The molecule has 3 N–H and O–H groups in total. The van der Waals surface area contributed by atoms with E-state index >= 15 is 0 Å². The number of ether oxygens (including phenoxy) is 1. The lowest BCUT2D eigenvalue weighted by Crippen LogP contribution is -2.41. The van der Waals surface area contributed by atoms with Crippen LogP contribution in [0.5, 0.6) is 5.75 Å². The zero-order valence-electron chi connectivity index (χ0n) is 17.0. The van der Waals surface area contributed by atoms with E-state index in [1.807, 2.05) is 0 Å². The zero-order chi connectivity index (χ0) is 23.3. The van der Waals surface area contributed by atoms with Crippen molar-refractivity contribution in [3.63, 3.8) is 0 Å². The van der Waals surface area contributed by atoms with Crippen molar-refractivity contribution in [1.29, 1.82) is 0 Å². The molecule has 0 saturated carbocycles. The molecule has 0 aliphatic carbocycles. The predicted molar refractivity (Wildman–Crippen MR) is 118 cm³/mol. The van der Waals surface area contributed by atoms with Gasteiger partial charge in [-0.15, -0.1) is 0 Å². The molecule has 3 amide bonds. The summed E-state index contributed by atoms with van der Waals surface area (Å²) in [6, 6.07) is 12.1. The van der Waals surface area contributed by atoms with Crippen molar-refractivity contribution in [3.8, 4) is 5.75 Å². The molecule has 0 spiro atoms. The van der Waals surface area contributed by atoms with Crippen LogP contribution in [0.15, 0.2) is 77.7 Å². The number of hydrogen-bond acceptors (Lipinski definition) is 5. The minimum Gasteiger partial charge on any atom is -0.483 e. The topological polar surface area (TPSA) is 96.5 Å². The van der Waals surface area contributed by atoms with Crippen LogP contribution in [0.25, 0.3) is 0 Å². The summed E-state index contributed by atoms with van der Waals surface area (Å²) in [5.41, 5.74) is 5.03. The first-order valence-corrected chi connectivity index (χ1v) is 10.2. The van der Waals surface area contributed by atoms with E-state index in [1.165, 1.54) is 48.6 Å². The number of hydrazine groups is 1. The van der Waals surface area contributed by atoms with E-state index in [0.717, 1.165) is 0 Å². The Hall–Kier alpha value is -3.66. The summed E-state index contributed by atoms with van der Waals surface area (Å²) in [5, 5.41) is 2.57. The molecule has 0 heterocycles. The standard InChI is InChI=1S/C22H21F2N3O4S/c1-2-3-4-9-19(28)26-27-21(30)17-7-5-6-8-18(17)31-14-20(29)25-15-10-12-16(13-11-15)32-22(23)24/h2-13,22H,14H2,1H3,(H,25,29)(H,26,28)(H,27,30). The van der Waals surface area contributed by atoms with E-state index in [9.17, 15) is 23.2 Å². The number of anilines is 1. The second-order valence-corrected chi connectivity index (χ2v) is 7.13. The largest absolute Gasteiger partial charge is 0.483 e. The number of alkyl halides is 2. The van der Waals surface area contributed by atoms with Crippen LogP contribution in [0.1, 0.15) is 17.3 Å². The Morgan fingerprint density at radius 3 is 2.44 bits per heavy atom. The lowest BCUT2D eigenvalue weighted by atomic mass is 10.2. The summed E-state index contributed by atoms with van der Waals surface area (Å²) in [4.78, 5) is 36.5. The quantitative estimate of drug-likeness (QED) is 0.228. The van der Waals surface area contributed by atoms with Gasteiger partial charge in [-0.05, 0) is 43.3 Å². The van der Waals surface area contributed by atoms with Crippen LogP contribution in [0.2, 0.25) is 0 Å². The van der Waals surface area contributed by atoms with E-state index in [1.54, 1.807) is 31.2 Å². The van der Waals surface area contributed by atoms with Crippen molar-refractivity contribution >= 4 is 35.2 Å². The third kappa shape index (κ3) is 8.60. The molecule has 168 valence electrons. The number of hydrogen-bond donors (Lipinski definition) is 3. The Morgan fingerprint density at radius 1 is 1.03 bits per heavy atom. The van der Waals surface area contributed by atoms with E-state index in [-0.39, 0.29) is 11.3 Å². The number of para-hydroxylation sites is 1. The molecule has 2 aromatic carbocycles. The van der Waals surface area contributed by atoms with Gasteiger partial charge in [-0.3, -0.25) is 25.2 Å². The third-order valence-electron chi connectivity index (χ3n) is 3.70. The number of carbonyl (C=O) groups is 3. The molecule has 2 aromatic rings. The Balaban J connectivity index is 1.90. The average Bonchev–Trinajstić information content (AvgIpc) is 2.77. The highest BCUT2D eigenvalue weighted by Crippen LogP contribution is 2.26. The van der Waals surface area contributed by atoms with E-state index in [0.29, 0.717) is 22.3 Å². The van der Waals surface area contributed by atoms with Gasteiger partial charge in [0.05, 0.1) is 5.56 Å². The molecule has 2 rings (SSSR count). The normalized spacial score (nSPS) is 11.0. The minimum atomic E-state index is -2.52. The van der Waals surface area contributed by atoms with E-state index < -0.39 is 30.1 Å². The van der Waals surface area contributed by atoms with Gasteiger partial charge in [0.1, 0.15) is 5.75 Å². The van der Waals surface area contributed by atoms with Crippen LogP contribution < -0.4 is 20.9 Å². The number of nitrogens with one attached hydrogen (secondary N) is 3. The van der Waals surface area contributed by atoms with Gasteiger partial charge in [0.15, 0.2) is 6.61 Å². The van der Waals surface area contributed by atoms with Crippen LogP contribution in [0, 0.1) is 0 Å². The molecule has 0 aliphatic heterocycles. The highest BCUT2D eigenvalue weighted by molar-refractivity contribution is 7.99. The number of amides is 3. The molecule has 0 atom stereocenters. The first kappa shape index (κ1) is 24.6. The summed E-state index contributed by atoms with van der Waals surface area (Å²) in [6.07, 6.45) is 6.16. The molecule has 0 bridgehead atoms. The summed E-state index contributed by atoms with van der Waals surface area (Å²) in [6.45, 7) is 1.41. The van der Waals surface area contributed by atoms with Crippen LogP contribution in [-0.2, 0) is 9.59 Å². The first-order chi connectivity index (χ1) is 15.4. The predicted octanol–water partition coefficient (Wildman–Crippen LogP) is 3.91. The number of rotatable bonds is 9. The van der Waals surface area contributed by atoms with Gasteiger partial charge < -0.3 is 10.1 Å². The van der Waals surface area contributed by atoms with Crippen LogP contribution in [0.3, 0.4) is 0 Å². The number of thioether (sulfide) groups is 1. The molecule has 0 radical (unpaired) electrons. The summed E-state index contributed by atoms with van der Waals surface area (Å²) in [7, 11) is 0. The fraction of sp³-hybridized carbons (Fsp3) is 0.136. The summed E-state index contributed by atoms with van der Waals surface area (Å²) < 4.78 is 30.2. The van der Waals surface area contributed by atoms with Gasteiger partial charge in [0, 0.05) is 16.7 Å². The maximum atomic E-state index is 12.4. The van der Waals surface area contributed by atoms with Gasteiger partial charge in [0.2, 0.25) is 0 Å². The van der Waals surface area contributed by atoms with Crippen LogP contribution in [0.4, 0.5) is 14.5 Å². The molecule has 0 unspecified atom stereocenters. The van der Waals surface area contributed by atoms with E-state index in [4.69, 9.17) is 4.74 Å². The average molecular weight is 461 g/mol. The lowest BCUT2D eigenvalue weighted by molar-refractivity contribution is -0.118. The summed E-state index contributed by atoms with van der Waals surface area (Å²) >= 11 is 0.407. The highest BCUT2D eigenvalue weighted by Gasteiger charge is 2.14. The third-order valence-corrected chi connectivity index (χ3v) is 4.43. The molecule has 7 nitrogen and oxygen atoms in total. The SMILES string of the molecule is CC=CC=CC(=O)NNC(=O)c1ccccc1OCC(=O)Nc1ccc(SC(F)F)cc1. The van der Waals surface area contributed by atoms with Gasteiger partial charge in [-0.25, -0.2) is 0 Å². The molecule has 0 aromatic heterocycles. The molecule has 0 aliphatic rings. The number of benzene rings is 2. The Labute approximate surface area is 187 Å². The Kier molecular flexibility index (Phi) is 9.92. The molecule has 32 heavy (non-hydrogen) atoms. The molecular weight excluding hydrogens is 440 g/mol. The van der Waals surface area contributed by atoms with Crippen molar-refractivity contribution in [2.24, 2.45) is 0 Å². The fourth-order valence-electron chi connectivity index (χ4n) is 2.32. The number of carbonyl (C=O) groups excluding carboxylic acids is 3. The molecule has 0 fully saturated rings. The molecule has 10 heteroatoms. The number of halogens is 2. The van der Waals surface area contributed by atoms with Crippen molar-refractivity contribution in [2.45, 2.75) is 17.6 Å². The molecular formula is C22H21F2N3O4S. The van der Waals surface area contributed by atoms with Crippen molar-refractivity contribution in [2.75, 3.05) is 11.9 Å². The Bertz CT molecular complexity index is 995. The maximum absolute atomic E-state index is 12.4. The van der Waals surface area contributed by atoms with Gasteiger partial charge in [0.25, 0.3) is 23.5 Å². The second kappa shape index (κ2) is 12.9. The molecule has 0 saturated heterocycles. The van der Waals surface area contributed by atoms with E-state index in [2.05, 4.69) is 16.2 Å². The van der Waals surface area contributed by atoms with Crippen molar-refractivity contribution < 1.29 is 27.9 Å². The van der Waals surface area contributed by atoms with Gasteiger partial charge in [-0.2, -0.15) is 8.78 Å². The first-order valence-electron chi connectivity index (χ1n) is 9.35. The minimum absolute atomic E-state index is 0.117. The second-order valence-electron chi connectivity index (χ2n) is 6.06. The maximum Gasteiger partial charge on any atom is 0.288 e. The van der Waals surface area contributed by atoms with Crippen molar-refractivity contribution in [3.05, 3.63) is 78.4 Å². The van der Waals surface area contributed by atoms with Crippen LogP contribution in [-0.4, -0.2) is 30.1 Å². The number of allylic oxidation sites excluding steroid dienone is 3. The Morgan fingerprint density at radius 2 is 1.75 bits per heavy atom. The monoisotopic (exact) mass is 461 g/mol.